The molecule has 8 nitrogen and oxygen atoms in total. The average Bonchev–Trinajstić information content (AvgIpc) is 3.07. The van der Waals surface area contributed by atoms with Crippen LogP contribution in [0.15, 0.2) is 114 Å². The van der Waals surface area contributed by atoms with Gasteiger partial charge in [-0.25, -0.2) is 4.79 Å². The molecule has 0 bridgehead atoms. The molecule has 4 rings (SSSR count). The summed E-state index contributed by atoms with van der Waals surface area (Å²) in [4.78, 5) is 51.9. The van der Waals surface area contributed by atoms with E-state index >= 15 is 0 Å². The van der Waals surface area contributed by atoms with Crippen molar-refractivity contribution in [2.45, 2.75) is 36.8 Å². The molecule has 1 atom stereocenters. The molecule has 46 heavy (non-hydrogen) atoms. The first kappa shape index (κ1) is 34.0. The second-order valence-corrected chi connectivity index (χ2v) is 12.1. The number of rotatable bonds is 13. The Balaban J connectivity index is 1.35. The molecule has 0 saturated heterocycles. The molecular formula is C36H34ClN3O5S. The number of nitrogens with one attached hydrogen (secondary N) is 3. The Labute approximate surface area is 277 Å². The monoisotopic (exact) mass is 655 g/mol. The molecule has 236 valence electrons. The van der Waals surface area contributed by atoms with E-state index in [4.69, 9.17) is 16.3 Å². The van der Waals surface area contributed by atoms with Crippen molar-refractivity contribution in [3.8, 4) is 0 Å². The van der Waals surface area contributed by atoms with Gasteiger partial charge < -0.3 is 20.7 Å². The van der Waals surface area contributed by atoms with Crippen molar-refractivity contribution in [3.05, 3.63) is 131 Å². The SMILES string of the molecule is CCCCOC(=O)c1ccc(NC(=O)C(C)Sc2ccc(NC(=O)/C(=C/c3ccc(Cl)cc3)NC(=O)c3ccccc3)cc2)cc1. The fraction of sp³-hybridized carbons (Fsp3) is 0.167. The van der Waals surface area contributed by atoms with Gasteiger partial charge in [0, 0.05) is 26.9 Å². The minimum Gasteiger partial charge on any atom is -0.462 e. The van der Waals surface area contributed by atoms with Crippen LogP contribution in [-0.4, -0.2) is 35.5 Å². The Kier molecular flexibility index (Phi) is 12.6. The van der Waals surface area contributed by atoms with Crippen LogP contribution < -0.4 is 16.0 Å². The summed E-state index contributed by atoms with van der Waals surface area (Å²) in [5.74, 6) is -1.52. The zero-order valence-corrected chi connectivity index (χ0v) is 27.0. The maximum atomic E-state index is 13.3. The highest BCUT2D eigenvalue weighted by molar-refractivity contribution is 8.00. The van der Waals surface area contributed by atoms with E-state index in [1.807, 2.05) is 6.92 Å². The lowest BCUT2D eigenvalue weighted by molar-refractivity contribution is -0.115. The van der Waals surface area contributed by atoms with E-state index in [2.05, 4.69) is 16.0 Å². The molecule has 0 heterocycles. The number of esters is 1. The predicted molar refractivity (Wildman–Crippen MR) is 184 cm³/mol. The predicted octanol–water partition coefficient (Wildman–Crippen LogP) is 7.83. The van der Waals surface area contributed by atoms with Gasteiger partial charge in [0.25, 0.3) is 11.8 Å². The number of unbranched alkanes of at least 4 members (excludes halogenated alkanes) is 1. The number of carbonyl (C=O) groups excluding carboxylic acids is 4. The number of thioether (sulfide) groups is 1. The second-order valence-electron chi connectivity index (χ2n) is 10.2. The zero-order chi connectivity index (χ0) is 32.9. The van der Waals surface area contributed by atoms with E-state index in [-0.39, 0.29) is 17.6 Å². The van der Waals surface area contributed by atoms with Gasteiger partial charge in [0.1, 0.15) is 5.70 Å². The molecule has 0 aliphatic heterocycles. The number of anilines is 2. The summed E-state index contributed by atoms with van der Waals surface area (Å²) >= 11 is 7.36. The molecule has 0 saturated carbocycles. The van der Waals surface area contributed by atoms with E-state index in [1.54, 1.807) is 116 Å². The van der Waals surface area contributed by atoms with Gasteiger partial charge in [-0.15, -0.1) is 11.8 Å². The maximum Gasteiger partial charge on any atom is 0.338 e. The Morgan fingerprint density at radius 1 is 0.804 bits per heavy atom. The Morgan fingerprint density at radius 2 is 1.43 bits per heavy atom. The molecule has 0 fully saturated rings. The van der Waals surface area contributed by atoms with Crippen LogP contribution in [0.3, 0.4) is 0 Å². The first-order valence-corrected chi connectivity index (χ1v) is 16.0. The topological polar surface area (TPSA) is 114 Å². The fourth-order valence-electron chi connectivity index (χ4n) is 4.07. The lowest BCUT2D eigenvalue weighted by atomic mass is 10.1. The highest BCUT2D eigenvalue weighted by atomic mass is 35.5. The zero-order valence-electron chi connectivity index (χ0n) is 25.4. The molecule has 10 heteroatoms. The van der Waals surface area contributed by atoms with E-state index in [9.17, 15) is 19.2 Å². The third-order valence-corrected chi connectivity index (χ3v) is 7.99. The standard InChI is InChI=1S/C36H34ClN3O5S/c1-3-4-22-45-36(44)27-12-16-29(17-13-27)38-33(41)24(2)46-31-20-18-30(19-21-31)39-35(43)32(23-25-10-14-28(37)15-11-25)40-34(42)26-8-6-5-7-9-26/h5-21,23-24H,3-4,22H2,1-2H3,(H,38,41)(H,39,43)(H,40,42)/b32-23-. The molecular weight excluding hydrogens is 622 g/mol. The third kappa shape index (κ3) is 10.4. The van der Waals surface area contributed by atoms with Gasteiger partial charge in [-0.3, -0.25) is 14.4 Å². The minimum atomic E-state index is -0.507. The summed E-state index contributed by atoms with van der Waals surface area (Å²) in [5.41, 5.74) is 2.66. The molecule has 3 N–H and O–H groups in total. The lowest BCUT2D eigenvalue weighted by Gasteiger charge is -2.14. The van der Waals surface area contributed by atoms with E-state index in [0.717, 1.165) is 17.7 Å². The van der Waals surface area contributed by atoms with Crippen LogP contribution in [0.5, 0.6) is 0 Å². The van der Waals surface area contributed by atoms with Gasteiger partial charge in [0.2, 0.25) is 5.91 Å². The summed E-state index contributed by atoms with van der Waals surface area (Å²) in [5, 5.41) is 8.52. The summed E-state index contributed by atoms with van der Waals surface area (Å²) in [6.45, 7) is 4.19. The van der Waals surface area contributed by atoms with Crippen LogP contribution in [-0.2, 0) is 14.3 Å². The van der Waals surface area contributed by atoms with E-state index in [0.29, 0.717) is 39.7 Å². The molecule has 0 spiro atoms. The largest absolute Gasteiger partial charge is 0.462 e. The quantitative estimate of drug-likeness (QED) is 0.0586. The third-order valence-electron chi connectivity index (χ3n) is 6.62. The number of benzene rings is 4. The van der Waals surface area contributed by atoms with Crippen molar-refractivity contribution >= 4 is 64.5 Å². The van der Waals surface area contributed by atoms with Crippen LogP contribution >= 0.6 is 23.4 Å². The van der Waals surface area contributed by atoms with E-state index < -0.39 is 17.1 Å². The molecule has 0 aliphatic rings. The van der Waals surface area contributed by atoms with Gasteiger partial charge in [0.05, 0.1) is 17.4 Å². The number of carbonyl (C=O) groups is 4. The maximum absolute atomic E-state index is 13.3. The fourth-order valence-corrected chi connectivity index (χ4v) is 5.06. The van der Waals surface area contributed by atoms with Crippen molar-refractivity contribution in [2.24, 2.45) is 0 Å². The highest BCUT2D eigenvalue weighted by Gasteiger charge is 2.17. The first-order valence-electron chi connectivity index (χ1n) is 14.7. The van der Waals surface area contributed by atoms with Crippen molar-refractivity contribution in [1.82, 2.24) is 5.32 Å². The molecule has 0 radical (unpaired) electrons. The van der Waals surface area contributed by atoms with Crippen LogP contribution in [0, 0.1) is 0 Å². The Bertz CT molecular complexity index is 1680. The molecule has 3 amide bonds. The molecule has 0 aliphatic carbocycles. The second kappa shape index (κ2) is 17.0. The van der Waals surface area contributed by atoms with Gasteiger partial charge in [-0.05, 0) is 97.8 Å². The number of ether oxygens (including phenoxy) is 1. The van der Waals surface area contributed by atoms with Crippen molar-refractivity contribution in [3.63, 3.8) is 0 Å². The van der Waals surface area contributed by atoms with Gasteiger partial charge in [-0.2, -0.15) is 0 Å². The van der Waals surface area contributed by atoms with Crippen LogP contribution in [0.1, 0.15) is 53.0 Å². The average molecular weight is 656 g/mol. The van der Waals surface area contributed by atoms with Crippen molar-refractivity contribution in [1.29, 1.82) is 0 Å². The molecule has 0 aromatic heterocycles. The number of amides is 3. The van der Waals surface area contributed by atoms with Gasteiger partial charge in [-0.1, -0.05) is 55.3 Å². The minimum absolute atomic E-state index is 0.0568. The summed E-state index contributed by atoms with van der Waals surface area (Å²) in [6.07, 6.45) is 3.32. The van der Waals surface area contributed by atoms with Crippen LogP contribution in [0.25, 0.3) is 6.08 Å². The van der Waals surface area contributed by atoms with Crippen molar-refractivity contribution < 1.29 is 23.9 Å². The van der Waals surface area contributed by atoms with Gasteiger partial charge >= 0.3 is 5.97 Å². The highest BCUT2D eigenvalue weighted by Crippen LogP contribution is 2.26. The molecule has 4 aromatic rings. The lowest BCUT2D eigenvalue weighted by Crippen LogP contribution is -2.30. The molecule has 1 unspecified atom stereocenters. The normalized spacial score (nSPS) is 11.7. The number of halogens is 1. The van der Waals surface area contributed by atoms with Crippen LogP contribution in [0.2, 0.25) is 5.02 Å². The number of hydrogen-bond acceptors (Lipinski definition) is 6. The smallest absolute Gasteiger partial charge is 0.338 e. The molecule has 4 aromatic carbocycles. The summed E-state index contributed by atoms with van der Waals surface area (Å²) in [7, 11) is 0. The Morgan fingerprint density at radius 3 is 2.09 bits per heavy atom. The van der Waals surface area contributed by atoms with Gasteiger partial charge in [0.15, 0.2) is 0 Å². The summed E-state index contributed by atoms with van der Waals surface area (Å²) in [6, 6.07) is 29.1. The first-order chi connectivity index (χ1) is 22.2. The number of hydrogen-bond donors (Lipinski definition) is 3. The van der Waals surface area contributed by atoms with E-state index in [1.165, 1.54) is 11.8 Å². The summed E-state index contributed by atoms with van der Waals surface area (Å²) < 4.78 is 5.22. The van der Waals surface area contributed by atoms with Crippen LogP contribution in [0.4, 0.5) is 11.4 Å². The Hall–Kier alpha value is -4.86. The van der Waals surface area contributed by atoms with Crippen molar-refractivity contribution in [2.75, 3.05) is 17.2 Å².